The summed E-state index contributed by atoms with van der Waals surface area (Å²) >= 11 is 0. The van der Waals surface area contributed by atoms with Crippen LogP contribution in [0, 0.1) is 0 Å². The summed E-state index contributed by atoms with van der Waals surface area (Å²) in [5.41, 5.74) is 2.88. The molecule has 0 N–H and O–H groups in total. The molecule has 3 heterocycles. The molecule has 0 unspecified atom stereocenters. The Morgan fingerprint density at radius 2 is 1.95 bits per heavy atom. The van der Waals surface area contributed by atoms with Crippen molar-refractivity contribution in [2.24, 2.45) is 0 Å². The summed E-state index contributed by atoms with van der Waals surface area (Å²) in [5, 5.41) is 4.13. The van der Waals surface area contributed by atoms with Crippen LogP contribution in [0.5, 0.6) is 0 Å². The van der Waals surface area contributed by atoms with E-state index < -0.39 is 0 Å². The first-order valence-corrected chi connectivity index (χ1v) is 7.21. The van der Waals surface area contributed by atoms with Crippen LogP contribution in [0.1, 0.15) is 24.4 Å². The standard InChI is InChI=1S/C17H18N4O/c1-13(16-5-3-4-8-19-16)21(2)12-15-11-17(20-22-15)14-6-9-18-10-7-14/h3-11,13H,12H2,1-2H3/t13-/m0/s1. The fourth-order valence-electron chi connectivity index (χ4n) is 2.28. The van der Waals surface area contributed by atoms with Gasteiger partial charge in [0.2, 0.25) is 0 Å². The Bertz CT molecular complexity index is 712. The number of aromatic nitrogens is 3. The zero-order valence-corrected chi connectivity index (χ0v) is 12.7. The smallest absolute Gasteiger partial charge is 0.151 e. The third-order valence-corrected chi connectivity index (χ3v) is 3.72. The average Bonchev–Trinajstić information content (AvgIpc) is 3.04. The predicted octanol–water partition coefficient (Wildman–Crippen LogP) is 3.32. The fourth-order valence-corrected chi connectivity index (χ4v) is 2.28. The van der Waals surface area contributed by atoms with E-state index in [4.69, 9.17) is 4.52 Å². The van der Waals surface area contributed by atoms with E-state index in [1.807, 2.05) is 49.6 Å². The van der Waals surface area contributed by atoms with Crippen molar-refractivity contribution in [1.82, 2.24) is 20.0 Å². The molecule has 0 radical (unpaired) electrons. The Balaban J connectivity index is 1.70. The summed E-state index contributed by atoms with van der Waals surface area (Å²) in [7, 11) is 2.05. The Kier molecular flexibility index (Phi) is 4.25. The number of hydrogen-bond donors (Lipinski definition) is 0. The van der Waals surface area contributed by atoms with Gasteiger partial charge in [0.05, 0.1) is 12.2 Å². The van der Waals surface area contributed by atoms with Gasteiger partial charge in [0.15, 0.2) is 5.76 Å². The Morgan fingerprint density at radius 1 is 1.14 bits per heavy atom. The van der Waals surface area contributed by atoms with E-state index in [0.717, 1.165) is 22.7 Å². The molecule has 0 aliphatic rings. The number of nitrogens with zero attached hydrogens (tertiary/aromatic N) is 4. The quantitative estimate of drug-likeness (QED) is 0.722. The highest BCUT2D eigenvalue weighted by molar-refractivity contribution is 5.57. The molecule has 0 saturated heterocycles. The van der Waals surface area contributed by atoms with E-state index in [1.54, 1.807) is 12.4 Å². The molecule has 1 atom stereocenters. The van der Waals surface area contributed by atoms with Crippen LogP contribution in [-0.4, -0.2) is 27.1 Å². The molecule has 0 fully saturated rings. The van der Waals surface area contributed by atoms with Gasteiger partial charge in [-0.2, -0.15) is 0 Å². The molecule has 22 heavy (non-hydrogen) atoms. The third kappa shape index (κ3) is 3.20. The molecule has 3 aromatic heterocycles. The Morgan fingerprint density at radius 3 is 2.68 bits per heavy atom. The first kappa shape index (κ1) is 14.4. The van der Waals surface area contributed by atoms with Crippen molar-refractivity contribution in [3.05, 3.63) is 66.4 Å². The average molecular weight is 294 g/mol. The van der Waals surface area contributed by atoms with Crippen molar-refractivity contribution < 1.29 is 4.52 Å². The van der Waals surface area contributed by atoms with Crippen molar-refractivity contribution in [3.63, 3.8) is 0 Å². The first-order valence-electron chi connectivity index (χ1n) is 7.21. The highest BCUT2D eigenvalue weighted by Gasteiger charge is 2.15. The summed E-state index contributed by atoms with van der Waals surface area (Å²) in [6, 6.07) is 12.0. The molecule has 5 nitrogen and oxygen atoms in total. The molecule has 112 valence electrons. The maximum Gasteiger partial charge on any atom is 0.151 e. The van der Waals surface area contributed by atoms with Crippen LogP contribution in [0.15, 0.2) is 59.5 Å². The maximum atomic E-state index is 5.44. The first-order chi connectivity index (χ1) is 10.7. The van der Waals surface area contributed by atoms with Crippen molar-refractivity contribution in [2.45, 2.75) is 19.5 Å². The molecule has 5 heteroatoms. The Hall–Kier alpha value is -2.53. The van der Waals surface area contributed by atoms with Crippen LogP contribution in [0.3, 0.4) is 0 Å². The molecule has 0 amide bonds. The van der Waals surface area contributed by atoms with Crippen LogP contribution < -0.4 is 0 Å². The van der Waals surface area contributed by atoms with Gasteiger partial charge in [0.25, 0.3) is 0 Å². The van der Waals surface area contributed by atoms with Crippen LogP contribution in [-0.2, 0) is 6.54 Å². The fraction of sp³-hybridized carbons (Fsp3) is 0.235. The second-order valence-corrected chi connectivity index (χ2v) is 5.26. The lowest BCUT2D eigenvalue weighted by Crippen LogP contribution is -2.22. The molecule has 0 aromatic carbocycles. The van der Waals surface area contributed by atoms with Gasteiger partial charge in [0.1, 0.15) is 5.69 Å². The molecule has 0 bridgehead atoms. The molecule has 0 spiro atoms. The van der Waals surface area contributed by atoms with E-state index in [0.29, 0.717) is 6.54 Å². The van der Waals surface area contributed by atoms with Gasteiger partial charge in [-0.15, -0.1) is 0 Å². The van der Waals surface area contributed by atoms with E-state index in [9.17, 15) is 0 Å². The van der Waals surface area contributed by atoms with Gasteiger partial charge in [-0.3, -0.25) is 14.9 Å². The second-order valence-electron chi connectivity index (χ2n) is 5.26. The number of hydrogen-bond acceptors (Lipinski definition) is 5. The Labute approximate surface area is 129 Å². The highest BCUT2D eigenvalue weighted by Crippen LogP contribution is 2.22. The van der Waals surface area contributed by atoms with E-state index in [2.05, 4.69) is 26.9 Å². The van der Waals surface area contributed by atoms with Crippen molar-refractivity contribution in [2.75, 3.05) is 7.05 Å². The zero-order valence-electron chi connectivity index (χ0n) is 12.7. The summed E-state index contributed by atoms with van der Waals surface area (Å²) in [6.45, 7) is 2.80. The second kappa shape index (κ2) is 6.49. The van der Waals surface area contributed by atoms with Crippen molar-refractivity contribution in [3.8, 4) is 11.3 Å². The van der Waals surface area contributed by atoms with E-state index in [1.165, 1.54) is 0 Å². The molecular weight excluding hydrogens is 276 g/mol. The van der Waals surface area contributed by atoms with Gasteiger partial charge in [-0.05, 0) is 38.2 Å². The molecular formula is C17H18N4O. The minimum atomic E-state index is 0.204. The van der Waals surface area contributed by atoms with E-state index >= 15 is 0 Å². The summed E-state index contributed by atoms with van der Waals surface area (Å²) < 4.78 is 5.44. The summed E-state index contributed by atoms with van der Waals surface area (Å²) in [5.74, 6) is 0.831. The third-order valence-electron chi connectivity index (χ3n) is 3.72. The highest BCUT2D eigenvalue weighted by atomic mass is 16.5. The minimum Gasteiger partial charge on any atom is -0.359 e. The topological polar surface area (TPSA) is 55.1 Å². The molecule has 3 aromatic rings. The SMILES string of the molecule is C[C@@H](c1ccccn1)N(C)Cc1cc(-c2ccncc2)no1. The summed E-state index contributed by atoms with van der Waals surface area (Å²) in [4.78, 5) is 10.6. The predicted molar refractivity (Wildman–Crippen MR) is 83.9 cm³/mol. The normalized spacial score (nSPS) is 12.5. The van der Waals surface area contributed by atoms with Gasteiger partial charge >= 0.3 is 0 Å². The van der Waals surface area contributed by atoms with Crippen LogP contribution in [0.2, 0.25) is 0 Å². The number of rotatable bonds is 5. The molecule has 0 saturated carbocycles. The molecule has 3 rings (SSSR count). The lowest BCUT2D eigenvalue weighted by molar-refractivity contribution is 0.218. The van der Waals surface area contributed by atoms with Crippen LogP contribution in [0.4, 0.5) is 0 Å². The van der Waals surface area contributed by atoms with Crippen LogP contribution in [0.25, 0.3) is 11.3 Å². The monoisotopic (exact) mass is 294 g/mol. The summed E-state index contributed by atoms with van der Waals surface area (Å²) in [6.07, 6.45) is 5.31. The van der Waals surface area contributed by atoms with Crippen LogP contribution >= 0.6 is 0 Å². The van der Waals surface area contributed by atoms with Gasteiger partial charge < -0.3 is 4.52 Å². The van der Waals surface area contributed by atoms with Gasteiger partial charge in [-0.1, -0.05) is 11.2 Å². The molecule has 0 aliphatic carbocycles. The lowest BCUT2D eigenvalue weighted by atomic mass is 10.1. The lowest BCUT2D eigenvalue weighted by Gasteiger charge is -2.22. The maximum absolute atomic E-state index is 5.44. The van der Waals surface area contributed by atoms with Gasteiger partial charge in [-0.25, -0.2) is 0 Å². The largest absolute Gasteiger partial charge is 0.359 e. The van der Waals surface area contributed by atoms with E-state index in [-0.39, 0.29) is 6.04 Å². The van der Waals surface area contributed by atoms with Crippen molar-refractivity contribution >= 4 is 0 Å². The minimum absolute atomic E-state index is 0.204. The zero-order chi connectivity index (χ0) is 15.4. The number of pyridine rings is 2. The van der Waals surface area contributed by atoms with Gasteiger partial charge in [0, 0.05) is 36.3 Å². The molecule has 0 aliphatic heterocycles. The van der Waals surface area contributed by atoms with Crippen molar-refractivity contribution in [1.29, 1.82) is 0 Å².